The summed E-state index contributed by atoms with van der Waals surface area (Å²) in [5, 5.41) is 2.75. The van der Waals surface area contributed by atoms with Crippen LogP contribution in [0.4, 0.5) is 15.8 Å². The van der Waals surface area contributed by atoms with E-state index >= 15 is 0 Å². The van der Waals surface area contributed by atoms with Gasteiger partial charge in [-0.1, -0.05) is 13.8 Å². The van der Waals surface area contributed by atoms with E-state index in [9.17, 15) is 9.18 Å². The molecule has 1 heterocycles. The van der Waals surface area contributed by atoms with Crippen molar-refractivity contribution in [2.75, 3.05) is 30.7 Å². The predicted molar refractivity (Wildman–Crippen MR) is 78.8 cm³/mol. The van der Waals surface area contributed by atoms with Crippen molar-refractivity contribution in [1.29, 1.82) is 0 Å². The molecule has 1 aromatic rings. The van der Waals surface area contributed by atoms with Gasteiger partial charge in [0.15, 0.2) is 0 Å². The summed E-state index contributed by atoms with van der Waals surface area (Å²) in [6, 6.07) is 4.22. The first kappa shape index (κ1) is 14.8. The number of hydrogen-bond donors (Lipinski definition) is 2. The predicted octanol–water partition coefficient (Wildman–Crippen LogP) is 2.32. The molecule has 1 fully saturated rings. The number of benzene rings is 1. The standard InChI is InChI=1S/C15H22FN3O/c1-10(2)11-5-6-19(8-11)9-15(20)18-12-3-4-13(16)14(17)7-12/h3-4,7,10-11H,5-6,8-9,17H2,1-2H3,(H,18,20). The molecule has 0 aliphatic carbocycles. The van der Waals surface area contributed by atoms with Crippen molar-refractivity contribution in [3.8, 4) is 0 Å². The number of rotatable bonds is 4. The van der Waals surface area contributed by atoms with Crippen molar-refractivity contribution >= 4 is 17.3 Å². The maximum absolute atomic E-state index is 13.0. The number of likely N-dealkylation sites (tertiary alicyclic amines) is 1. The van der Waals surface area contributed by atoms with Crippen molar-refractivity contribution in [1.82, 2.24) is 4.90 Å². The van der Waals surface area contributed by atoms with Crippen LogP contribution in [-0.4, -0.2) is 30.4 Å². The average Bonchev–Trinajstić information content (AvgIpc) is 2.82. The summed E-state index contributed by atoms with van der Waals surface area (Å²) in [6.07, 6.45) is 1.15. The Morgan fingerprint density at radius 2 is 2.30 bits per heavy atom. The molecule has 0 bridgehead atoms. The first-order valence-electron chi connectivity index (χ1n) is 7.03. The molecule has 1 aromatic carbocycles. The number of amides is 1. The number of nitrogens with zero attached hydrogens (tertiary/aromatic N) is 1. The van der Waals surface area contributed by atoms with Gasteiger partial charge in [-0.2, -0.15) is 0 Å². The molecule has 3 N–H and O–H groups in total. The lowest BCUT2D eigenvalue weighted by Crippen LogP contribution is -2.32. The summed E-state index contributed by atoms with van der Waals surface area (Å²) in [4.78, 5) is 14.1. The van der Waals surface area contributed by atoms with E-state index < -0.39 is 5.82 Å². The lowest BCUT2D eigenvalue weighted by Gasteiger charge is -2.17. The first-order valence-corrected chi connectivity index (χ1v) is 7.03. The van der Waals surface area contributed by atoms with Gasteiger partial charge in [-0.25, -0.2) is 4.39 Å². The molecule has 0 saturated carbocycles. The van der Waals surface area contributed by atoms with E-state index in [4.69, 9.17) is 5.73 Å². The molecule has 1 aliphatic rings. The normalized spacial score (nSPS) is 19.5. The van der Waals surface area contributed by atoms with Crippen LogP contribution < -0.4 is 11.1 Å². The van der Waals surface area contributed by atoms with E-state index in [2.05, 4.69) is 24.1 Å². The lowest BCUT2D eigenvalue weighted by molar-refractivity contribution is -0.117. The second-order valence-electron chi connectivity index (χ2n) is 5.81. The Morgan fingerprint density at radius 3 is 2.90 bits per heavy atom. The molecule has 1 amide bonds. The van der Waals surface area contributed by atoms with Crippen LogP contribution in [0.15, 0.2) is 18.2 Å². The average molecular weight is 279 g/mol. The quantitative estimate of drug-likeness (QED) is 0.832. The zero-order valence-electron chi connectivity index (χ0n) is 12.0. The van der Waals surface area contributed by atoms with Gasteiger partial charge in [-0.05, 0) is 43.0 Å². The second-order valence-corrected chi connectivity index (χ2v) is 5.81. The number of carbonyl (C=O) groups excluding carboxylic acids is 1. The molecule has 20 heavy (non-hydrogen) atoms. The van der Waals surface area contributed by atoms with Crippen molar-refractivity contribution < 1.29 is 9.18 Å². The number of nitrogens with one attached hydrogen (secondary N) is 1. The highest BCUT2D eigenvalue weighted by atomic mass is 19.1. The third kappa shape index (κ3) is 3.70. The van der Waals surface area contributed by atoms with Crippen molar-refractivity contribution in [2.45, 2.75) is 20.3 Å². The molecule has 1 aliphatic heterocycles. The molecule has 2 rings (SSSR count). The third-order valence-corrected chi connectivity index (χ3v) is 3.90. The van der Waals surface area contributed by atoms with Gasteiger partial charge in [0.2, 0.25) is 5.91 Å². The zero-order chi connectivity index (χ0) is 14.7. The van der Waals surface area contributed by atoms with Gasteiger partial charge in [0.05, 0.1) is 12.2 Å². The number of carbonyl (C=O) groups is 1. The molecule has 0 spiro atoms. The Bertz CT molecular complexity index is 490. The van der Waals surface area contributed by atoms with Crippen LogP contribution in [0, 0.1) is 17.7 Å². The van der Waals surface area contributed by atoms with E-state index in [1.807, 2.05) is 0 Å². The summed E-state index contributed by atoms with van der Waals surface area (Å²) in [6.45, 7) is 6.74. The SMILES string of the molecule is CC(C)C1CCN(CC(=O)Nc2ccc(F)c(N)c2)C1. The monoisotopic (exact) mass is 279 g/mol. The summed E-state index contributed by atoms with van der Waals surface area (Å²) in [5.74, 6) is 0.770. The Labute approximate surface area is 119 Å². The van der Waals surface area contributed by atoms with Gasteiger partial charge < -0.3 is 11.1 Å². The van der Waals surface area contributed by atoms with Crippen molar-refractivity contribution in [3.63, 3.8) is 0 Å². The van der Waals surface area contributed by atoms with Gasteiger partial charge in [0, 0.05) is 12.2 Å². The van der Waals surface area contributed by atoms with Gasteiger partial charge in [-0.15, -0.1) is 0 Å². The van der Waals surface area contributed by atoms with E-state index in [0.29, 0.717) is 24.1 Å². The second kappa shape index (κ2) is 6.22. The fourth-order valence-electron chi connectivity index (χ4n) is 2.58. The van der Waals surface area contributed by atoms with Crippen LogP contribution in [0.5, 0.6) is 0 Å². The number of halogens is 1. The maximum Gasteiger partial charge on any atom is 0.238 e. The van der Waals surface area contributed by atoms with Crippen LogP contribution in [0.1, 0.15) is 20.3 Å². The Kier molecular flexibility index (Phi) is 4.60. The van der Waals surface area contributed by atoms with Gasteiger partial charge in [0.25, 0.3) is 0 Å². The summed E-state index contributed by atoms with van der Waals surface area (Å²) in [7, 11) is 0. The van der Waals surface area contributed by atoms with Crippen LogP contribution in [0.2, 0.25) is 0 Å². The summed E-state index contributed by atoms with van der Waals surface area (Å²) < 4.78 is 13.0. The number of anilines is 2. The van der Waals surface area contributed by atoms with Crippen LogP contribution in [0.25, 0.3) is 0 Å². The van der Waals surface area contributed by atoms with Crippen molar-refractivity contribution in [3.05, 3.63) is 24.0 Å². The van der Waals surface area contributed by atoms with Gasteiger partial charge in [-0.3, -0.25) is 9.69 Å². The highest BCUT2D eigenvalue weighted by Crippen LogP contribution is 2.23. The fourth-order valence-corrected chi connectivity index (χ4v) is 2.58. The highest BCUT2D eigenvalue weighted by Gasteiger charge is 2.25. The number of nitrogen functional groups attached to an aromatic ring is 1. The maximum atomic E-state index is 13.0. The molecular weight excluding hydrogens is 257 g/mol. The highest BCUT2D eigenvalue weighted by molar-refractivity contribution is 5.92. The Balaban J connectivity index is 1.85. The van der Waals surface area contributed by atoms with Crippen LogP contribution in [-0.2, 0) is 4.79 Å². The minimum atomic E-state index is -0.470. The Morgan fingerprint density at radius 1 is 1.55 bits per heavy atom. The molecule has 1 atom stereocenters. The zero-order valence-corrected chi connectivity index (χ0v) is 12.0. The van der Waals surface area contributed by atoms with Crippen LogP contribution >= 0.6 is 0 Å². The molecule has 1 saturated heterocycles. The van der Waals surface area contributed by atoms with Gasteiger partial charge >= 0.3 is 0 Å². The van der Waals surface area contributed by atoms with E-state index in [1.165, 1.54) is 18.2 Å². The molecule has 5 heteroatoms. The van der Waals surface area contributed by atoms with E-state index in [0.717, 1.165) is 19.5 Å². The van der Waals surface area contributed by atoms with E-state index in [-0.39, 0.29) is 11.6 Å². The summed E-state index contributed by atoms with van der Waals surface area (Å²) >= 11 is 0. The minimum Gasteiger partial charge on any atom is -0.396 e. The topological polar surface area (TPSA) is 58.4 Å². The number of hydrogen-bond acceptors (Lipinski definition) is 3. The molecule has 0 radical (unpaired) electrons. The smallest absolute Gasteiger partial charge is 0.238 e. The Hall–Kier alpha value is -1.62. The summed E-state index contributed by atoms with van der Waals surface area (Å²) in [5.41, 5.74) is 6.06. The largest absolute Gasteiger partial charge is 0.396 e. The first-order chi connectivity index (χ1) is 9.45. The number of nitrogens with two attached hydrogens (primary N) is 1. The van der Waals surface area contributed by atoms with E-state index in [1.54, 1.807) is 0 Å². The van der Waals surface area contributed by atoms with Crippen molar-refractivity contribution in [2.24, 2.45) is 11.8 Å². The molecule has 110 valence electrons. The third-order valence-electron chi connectivity index (χ3n) is 3.90. The molecule has 4 nitrogen and oxygen atoms in total. The molecule has 1 unspecified atom stereocenters. The van der Waals surface area contributed by atoms with Gasteiger partial charge in [0.1, 0.15) is 5.82 Å². The fraction of sp³-hybridized carbons (Fsp3) is 0.533. The molecule has 0 aromatic heterocycles. The minimum absolute atomic E-state index is 0.0452. The lowest BCUT2D eigenvalue weighted by atomic mass is 9.95. The van der Waals surface area contributed by atoms with Crippen LogP contribution in [0.3, 0.4) is 0 Å². The molecular formula is C15H22FN3O.